The summed E-state index contributed by atoms with van der Waals surface area (Å²) < 4.78 is -1.64. The largest absolute Gasteiger partial charge is 0.394 e. The van der Waals surface area contributed by atoms with E-state index in [1.807, 2.05) is 84.6 Å². The minimum atomic E-state index is -0.949. The van der Waals surface area contributed by atoms with E-state index in [9.17, 15) is 19.5 Å². The average Bonchev–Trinajstić information content (AvgIpc) is 3.27. The van der Waals surface area contributed by atoms with Gasteiger partial charge in [-0.25, -0.2) is 0 Å². The number of hydrogen-bond acceptors (Lipinski definition) is 5. The number of benzene rings is 2. The van der Waals surface area contributed by atoms with Gasteiger partial charge in [0, 0.05) is 30.1 Å². The second-order valence-corrected chi connectivity index (χ2v) is 13.7. The maximum atomic E-state index is 14.8. The van der Waals surface area contributed by atoms with Crippen molar-refractivity contribution >= 4 is 35.2 Å². The Hall–Kier alpha value is -3.36. The summed E-state index contributed by atoms with van der Waals surface area (Å²) in [7, 11) is 0. The monoisotopic (exact) mass is 585 g/mol. The number of carbonyl (C=O) groups excluding carboxylic acids is 3. The third-order valence-corrected chi connectivity index (χ3v) is 11.2. The van der Waals surface area contributed by atoms with Crippen LogP contribution in [0.2, 0.25) is 0 Å². The van der Waals surface area contributed by atoms with Gasteiger partial charge in [0.25, 0.3) is 0 Å². The van der Waals surface area contributed by atoms with Crippen LogP contribution in [-0.2, 0) is 14.4 Å². The van der Waals surface area contributed by atoms with Gasteiger partial charge in [-0.1, -0.05) is 92.6 Å². The van der Waals surface area contributed by atoms with E-state index in [4.69, 9.17) is 0 Å². The maximum Gasteiger partial charge on any atom is 0.247 e. The molecular formula is C34H39N3O4S. The highest BCUT2D eigenvalue weighted by Crippen LogP contribution is 2.66. The van der Waals surface area contributed by atoms with Crippen LogP contribution < -0.4 is 4.90 Å². The second-order valence-electron chi connectivity index (χ2n) is 11.9. The molecule has 2 fully saturated rings. The lowest BCUT2D eigenvalue weighted by Gasteiger charge is -2.40. The van der Waals surface area contributed by atoms with Gasteiger partial charge in [-0.05, 0) is 31.0 Å². The highest BCUT2D eigenvalue weighted by molar-refractivity contribution is 8.02. The number of carbonyl (C=O) groups is 3. The minimum Gasteiger partial charge on any atom is -0.394 e. The van der Waals surface area contributed by atoms with E-state index in [0.29, 0.717) is 19.6 Å². The summed E-state index contributed by atoms with van der Waals surface area (Å²) in [6.07, 6.45) is 11.1. The molecule has 1 spiro atoms. The highest BCUT2D eigenvalue weighted by Gasteiger charge is 2.74. The first kappa shape index (κ1) is 28.7. The molecule has 1 N–H and O–H groups in total. The maximum absolute atomic E-state index is 14.8. The van der Waals surface area contributed by atoms with Crippen LogP contribution in [0.4, 0.5) is 5.69 Å². The zero-order chi connectivity index (χ0) is 29.5. The van der Waals surface area contributed by atoms with Crippen molar-refractivity contribution in [2.75, 3.05) is 31.1 Å². The molecule has 42 heavy (non-hydrogen) atoms. The summed E-state index contributed by atoms with van der Waals surface area (Å²) in [5.41, 5.74) is 1.56. The van der Waals surface area contributed by atoms with Crippen LogP contribution in [0.25, 0.3) is 0 Å². The molecule has 0 saturated carbocycles. The predicted molar refractivity (Wildman–Crippen MR) is 166 cm³/mol. The number of para-hydroxylation sites is 1. The van der Waals surface area contributed by atoms with E-state index in [1.165, 1.54) is 0 Å². The number of rotatable bonds is 8. The molecule has 2 aromatic carbocycles. The van der Waals surface area contributed by atoms with E-state index >= 15 is 0 Å². The number of amides is 3. The Morgan fingerprint density at radius 2 is 1.57 bits per heavy atom. The average molecular weight is 586 g/mol. The Bertz CT molecular complexity index is 1400. The third kappa shape index (κ3) is 4.51. The van der Waals surface area contributed by atoms with Crippen molar-refractivity contribution in [1.29, 1.82) is 0 Å². The Morgan fingerprint density at radius 1 is 0.881 bits per heavy atom. The summed E-state index contributed by atoms with van der Waals surface area (Å²) in [5, 5.41) is 10.7. The van der Waals surface area contributed by atoms with E-state index in [-0.39, 0.29) is 24.3 Å². The van der Waals surface area contributed by atoms with Crippen LogP contribution in [0, 0.1) is 11.8 Å². The van der Waals surface area contributed by atoms with Gasteiger partial charge in [0.2, 0.25) is 17.7 Å². The fraction of sp³-hybridized carbons (Fsp3) is 0.441. The molecule has 7 nitrogen and oxygen atoms in total. The lowest BCUT2D eigenvalue weighted by atomic mass is 9.74. The highest BCUT2D eigenvalue weighted by atomic mass is 32.2. The van der Waals surface area contributed by atoms with Gasteiger partial charge in [0.1, 0.15) is 6.04 Å². The Balaban J connectivity index is 1.49. The number of nitrogens with zero attached hydrogens (tertiary/aromatic N) is 3. The molecule has 4 heterocycles. The molecule has 3 amide bonds. The Morgan fingerprint density at radius 3 is 2.26 bits per heavy atom. The SMILES string of the molecule is CCCCCN1CC=C[C@]23S[C@]4(C)C=CCN(c5ccccc5)C(=O)[C@@H]4[C@H]2C(=O)N([C@H](CO)c2ccccc2)C3C1=O. The number of thioether (sulfide) groups is 1. The molecule has 4 aliphatic heterocycles. The normalized spacial score (nSPS) is 31.1. The van der Waals surface area contributed by atoms with E-state index in [2.05, 4.69) is 19.1 Å². The van der Waals surface area contributed by atoms with Crippen molar-refractivity contribution < 1.29 is 19.5 Å². The number of likely N-dealkylation sites (tertiary alicyclic amines) is 1. The fourth-order valence-electron chi connectivity index (χ4n) is 7.47. The minimum absolute atomic E-state index is 0.106. The van der Waals surface area contributed by atoms with Gasteiger partial charge in [-0.3, -0.25) is 14.4 Å². The summed E-state index contributed by atoms with van der Waals surface area (Å²) in [6, 6.07) is 17.5. The van der Waals surface area contributed by atoms with Gasteiger partial charge >= 0.3 is 0 Å². The van der Waals surface area contributed by atoms with E-state index < -0.39 is 33.4 Å². The van der Waals surface area contributed by atoms with Gasteiger partial charge < -0.3 is 19.8 Å². The molecule has 8 heteroatoms. The smallest absolute Gasteiger partial charge is 0.247 e. The molecule has 1 unspecified atom stereocenters. The number of fused-ring (bicyclic) bond motifs is 2. The number of anilines is 1. The number of hydrogen-bond donors (Lipinski definition) is 1. The van der Waals surface area contributed by atoms with Crippen LogP contribution in [-0.4, -0.2) is 74.4 Å². The molecule has 2 saturated heterocycles. The summed E-state index contributed by atoms with van der Waals surface area (Å²) in [6.45, 7) is 5.34. The summed E-state index contributed by atoms with van der Waals surface area (Å²) >= 11 is 1.58. The van der Waals surface area contributed by atoms with Crippen molar-refractivity contribution in [2.45, 2.75) is 54.7 Å². The van der Waals surface area contributed by atoms with Crippen molar-refractivity contribution in [1.82, 2.24) is 9.80 Å². The molecule has 6 rings (SSSR count). The van der Waals surface area contributed by atoms with Crippen LogP contribution in [0.1, 0.15) is 44.7 Å². The molecule has 0 radical (unpaired) electrons. The van der Waals surface area contributed by atoms with Gasteiger partial charge in [-0.2, -0.15) is 0 Å². The van der Waals surface area contributed by atoms with Crippen LogP contribution in [0.15, 0.2) is 85.0 Å². The second kappa shape index (κ2) is 11.4. The molecule has 6 atom stereocenters. The molecule has 220 valence electrons. The standard InChI is InChI=1S/C34H39N3O4S/c1-3-4-11-20-35-21-13-19-34-28(31(40)37(29(34)32(35)41)26(23-38)24-14-7-5-8-15-24)27-30(39)36(25-16-9-6-10-17-25)22-12-18-33(27,2)42-34/h5-10,12-19,26-29,38H,3-4,11,20-23H2,1-2H3/t26-,27+,28+,29?,33-,34+/m1/s1. The van der Waals surface area contributed by atoms with Gasteiger partial charge in [-0.15, -0.1) is 11.8 Å². The zero-order valence-corrected chi connectivity index (χ0v) is 25.1. The van der Waals surface area contributed by atoms with Crippen molar-refractivity contribution in [2.24, 2.45) is 11.8 Å². The van der Waals surface area contributed by atoms with Crippen LogP contribution >= 0.6 is 11.8 Å². The van der Waals surface area contributed by atoms with E-state index in [0.717, 1.165) is 30.5 Å². The van der Waals surface area contributed by atoms with Gasteiger partial charge in [0.15, 0.2) is 0 Å². The number of unbranched alkanes of at least 4 members (excludes halogenated alkanes) is 2. The van der Waals surface area contributed by atoms with E-state index in [1.54, 1.807) is 21.6 Å². The molecular weight excluding hydrogens is 546 g/mol. The fourth-order valence-corrected chi connectivity index (χ4v) is 9.61. The first-order valence-electron chi connectivity index (χ1n) is 15.0. The lowest BCUT2D eigenvalue weighted by Crippen LogP contribution is -2.54. The Kier molecular flexibility index (Phi) is 7.79. The van der Waals surface area contributed by atoms with Crippen LogP contribution in [0.5, 0.6) is 0 Å². The first-order valence-corrected chi connectivity index (χ1v) is 15.9. The number of aliphatic hydroxyl groups excluding tert-OH is 1. The molecule has 0 aromatic heterocycles. The quantitative estimate of drug-likeness (QED) is 0.362. The molecule has 0 bridgehead atoms. The third-order valence-electron chi connectivity index (χ3n) is 9.37. The number of aliphatic hydroxyl groups is 1. The first-order chi connectivity index (χ1) is 20.4. The summed E-state index contributed by atoms with van der Waals surface area (Å²) in [5.74, 6) is -1.89. The Labute approximate surface area is 252 Å². The molecule has 0 aliphatic carbocycles. The van der Waals surface area contributed by atoms with Crippen molar-refractivity contribution in [3.8, 4) is 0 Å². The molecule has 2 aromatic rings. The van der Waals surface area contributed by atoms with Crippen molar-refractivity contribution in [3.05, 3.63) is 90.5 Å². The molecule has 4 aliphatic rings. The van der Waals surface area contributed by atoms with Crippen molar-refractivity contribution in [3.63, 3.8) is 0 Å². The topological polar surface area (TPSA) is 81.2 Å². The zero-order valence-electron chi connectivity index (χ0n) is 24.3. The lowest BCUT2D eigenvalue weighted by molar-refractivity contribution is -0.146. The van der Waals surface area contributed by atoms with Crippen LogP contribution in [0.3, 0.4) is 0 Å². The van der Waals surface area contributed by atoms with Gasteiger partial charge in [0.05, 0.1) is 29.2 Å². The summed E-state index contributed by atoms with van der Waals surface area (Å²) in [4.78, 5) is 49.2. The predicted octanol–water partition coefficient (Wildman–Crippen LogP) is 4.60.